The lowest BCUT2D eigenvalue weighted by molar-refractivity contribution is -0.137. The molecule has 0 aliphatic rings. The summed E-state index contributed by atoms with van der Waals surface area (Å²) in [5.74, 6) is -1.03. The van der Waals surface area contributed by atoms with Gasteiger partial charge in [0.25, 0.3) is 0 Å². The van der Waals surface area contributed by atoms with E-state index in [9.17, 15) is 9.59 Å². The van der Waals surface area contributed by atoms with Gasteiger partial charge in [0.1, 0.15) is 6.61 Å². The van der Waals surface area contributed by atoms with Crippen molar-refractivity contribution >= 4 is 12.1 Å². The normalized spacial score (nSPS) is 11.7. The molecule has 0 aliphatic carbocycles. The summed E-state index contributed by atoms with van der Waals surface area (Å²) in [6.07, 6.45) is -0.944. The number of hydrogen-bond acceptors (Lipinski definition) is 4. The highest BCUT2D eigenvalue weighted by atomic mass is 16.5. The number of benzene rings is 1. The Morgan fingerprint density at radius 1 is 1.35 bits per heavy atom. The highest BCUT2D eigenvalue weighted by molar-refractivity contribution is 5.71. The van der Waals surface area contributed by atoms with Crippen LogP contribution in [0.5, 0.6) is 0 Å². The third-order valence-corrected chi connectivity index (χ3v) is 3.37. The molecule has 1 atom stereocenters. The van der Waals surface area contributed by atoms with E-state index in [1.807, 2.05) is 37.3 Å². The second-order valence-corrected chi connectivity index (χ2v) is 5.19. The number of carbonyl (C=O) groups is 2. The van der Waals surface area contributed by atoms with Crippen LogP contribution in [0.2, 0.25) is 0 Å². The van der Waals surface area contributed by atoms with Crippen molar-refractivity contribution in [2.24, 2.45) is 7.05 Å². The van der Waals surface area contributed by atoms with E-state index in [1.165, 1.54) is 0 Å². The first-order valence-corrected chi connectivity index (χ1v) is 7.15. The first kappa shape index (κ1) is 16.5. The number of ether oxygens (including phenoxy) is 1. The summed E-state index contributed by atoms with van der Waals surface area (Å²) in [6.45, 7) is 1.97. The molecule has 0 fully saturated rings. The first-order valence-electron chi connectivity index (χ1n) is 7.15. The van der Waals surface area contributed by atoms with Crippen molar-refractivity contribution in [1.82, 2.24) is 15.1 Å². The zero-order chi connectivity index (χ0) is 16.8. The van der Waals surface area contributed by atoms with Crippen LogP contribution in [0.3, 0.4) is 0 Å². The number of nitrogens with one attached hydrogen (secondary N) is 1. The molecule has 7 heteroatoms. The first-order chi connectivity index (χ1) is 11.0. The molecule has 0 unspecified atom stereocenters. The smallest absolute Gasteiger partial charge is 0.408 e. The number of hydrogen-bond donors (Lipinski definition) is 2. The summed E-state index contributed by atoms with van der Waals surface area (Å²) in [4.78, 5) is 22.9. The maximum Gasteiger partial charge on any atom is 0.408 e. The predicted octanol–water partition coefficient (Wildman–Crippen LogP) is 2.17. The van der Waals surface area contributed by atoms with Crippen LogP contribution >= 0.6 is 0 Å². The largest absolute Gasteiger partial charge is 0.481 e. The number of nitrogens with zero attached hydrogens (tertiary/aromatic N) is 2. The summed E-state index contributed by atoms with van der Waals surface area (Å²) >= 11 is 0. The van der Waals surface area contributed by atoms with E-state index < -0.39 is 18.1 Å². The highest BCUT2D eigenvalue weighted by Crippen LogP contribution is 2.17. The van der Waals surface area contributed by atoms with Crippen molar-refractivity contribution in [2.75, 3.05) is 0 Å². The molecule has 2 aromatic rings. The third-order valence-electron chi connectivity index (χ3n) is 3.37. The molecule has 0 radical (unpaired) electrons. The number of aromatic nitrogens is 2. The van der Waals surface area contributed by atoms with E-state index in [0.29, 0.717) is 5.69 Å². The van der Waals surface area contributed by atoms with Gasteiger partial charge < -0.3 is 15.2 Å². The molecule has 23 heavy (non-hydrogen) atoms. The molecule has 0 saturated heterocycles. The molecular formula is C16H19N3O4. The number of aryl methyl sites for hydroxylation is 2. The lowest BCUT2D eigenvalue weighted by Crippen LogP contribution is -2.31. The van der Waals surface area contributed by atoms with Gasteiger partial charge in [-0.25, -0.2) is 4.79 Å². The molecule has 7 nitrogen and oxygen atoms in total. The number of amides is 1. The Labute approximate surface area is 133 Å². The quantitative estimate of drug-likeness (QED) is 0.851. The lowest BCUT2D eigenvalue weighted by Gasteiger charge is -2.15. The van der Waals surface area contributed by atoms with Gasteiger partial charge in [0.15, 0.2) is 0 Å². The zero-order valence-corrected chi connectivity index (χ0v) is 13.0. The average Bonchev–Trinajstić information content (AvgIpc) is 2.85. The van der Waals surface area contributed by atoms with E-state index in [1.54, 1.807) is 17.8 Å². The van der Waals surface area contributed by atoms with E-state index in [4.69, 9.17) is 9.84 Å². The Hall–Kier alpha value is -2.83. The minimum atomic E-state index is -1.03. The van der Waals surface area contributed by atoms with Crippen LogP contribution in [0.25, 0.3) is 0 Å². The fourth-order valence-electron chi connectivity index (χ4n) is 2.07. The van der Waals surface area contributed by atoms with Crippen LogP contribution in [-0.4, -0.2) is 26.9 Å². The van der Waals surface area contributed by atoms with E-state index in [-0.39, 0.29) is 13.0 Å². The van der Waals surface area contributed by atoms with Crippen molar-refractivity contribution in [2.45, 2.75) is 26.0 Å². The van der Waals surface area contributed by atoms with Crippen molar-refractivity contribution in [3.63, 3.8) is 0 Å². The second kappa shape index (κ2) is 7.44. The van der Waals surface area contributed by atoms with Gasteiger partial charge in [0, 0.05) is 12.7 Å². The molecule has 1 heterocycles. The van der Waals surface area contributed by atoms with Crippen LogP contribution in [0, 0.1) is 6.92 Å². The van der Waals surface area contributed by atoms with Gasteiger partial charge in [-0.15, -0.1) is 0 Å². The summed E-state index contributed by atoms with van der Waals surface area (Å²) in [6, 6.07) is 10.2. The predicted molar refractivity (Wildman–Crippen MR) is 82.7 cm³/mol. The summed E-state index contributed by atoms with van der Waals surface area (Å²) in [5, 5.41) is 15.8. The SMILES string of the molecule is Cc1cc([C@@H](CC(=O)O)NC(=O)OCc2ccccc2)nn1C. The maximum atomic E-state index is 11.9. The minimum absolute atomic E-state index is 0.119. The van der Waals surface area contributed by atoms with E-state index >= 15 is 0 Å². The Kier molecular flexibility index (Phi) is 5.35. The number of carbonyl (C=O) groups excluding carboxylic acids is 1. The lowest BCUT2D eigenvalue weighted by atomic mass is 10.1. The number of carboxylic acids is 1. The van der Waals surface area contributed by atoms with E-state index in [0.717, 1.165) is 11.3 Å². The Balaban J connectivity index is 1.99. The van der Waals surface area contributed by atoms with Crippen molar-refractivity contribution in [3.8, 4) is 0 Å². The fourth-order valence-corrected chi connectivity index (χ4v) is 2.07. The molecule has 0 spiro atoms. The van der Waals surface area contributed by atoms with Crippen LogP contribution in [0.1, 0.15) is 29.4 Å². The Bertz CT molecular complexity index is 662. The van der Waals surface area contributed by atoms with Crippen LogP contribution in [-0.2, 0) is 23.2 Å². The number of rotatable bonds is 6. The minimum Gasteiger partial charge on any atom is -0.481 e. The summed E-state index contributed by atoms with van der Waals surface area (Å²) < 4.78 is 6.75. The molecular weight excluding hydrogens is 298 g/mol. The van der Waals surface area contributed by atoms with Crippen molar-refractivity contribution in [3.05, 3.63) is 53.3 Å². The monoisotopic (exact) mass is 317 g/mol. The molecule has 1 amide bonds. The molecule has 2 rings (SSSR count). The van der Waals surface area contributed by atoms with Gasteiger partial charge in [-0.05, 0) is 18.6 Å². The molecule has 2 N–H and O–H groups in total. The standard InChI is InChI=1S/C16H19N3O4/c1-11-8-14(18-19(11)2)13(9-15(20)21)17-16(22)23-10-12-6-4-3-5-7-12/h3-8,13H,9-10H2,1-2H3,(H,17,22)(H,20,21)/t13-/m1/s1. The van der Waals surface area contributed by atoms with Gasteiger partial charge in [0.2, 0.25) is 0 Å². The number of aliphatic carboxylic acids is 1. The molecule has 122 valence electrons. The van der Waals surface area contributed by atoms with Crippen LogP contribution in [0.15, 0.2) is 36.4 Å². The molecule has 1 aromatic heterocycles. The second-order valence-electron chi connectivity index (χ2n) is 5.19. The Morgan fingerprint density at radius 3 is 2.61 bits per heavy atom. The van der Waals surface area contributed by atoms with Crippen molar-refractivity contribution in [1.29, 1.82) is 0 Å². The van der Waals surface area contributed by atoms with E-state index in [2.05, 4.69) is 10.4 Å². The van der Waals surface area contributed by atoms with Gasteiger partial charge in [-0.3, -0.25) is 9.48 Å². The maximum absolute atomic E-state index is 11.9. The van der Waals surface area contributed by atoms with Crippen LogP contribution in [0.4, 0.5) is 4.79 Å². The fraction of sp³-hybridized carbons (Fsp3) is 0.312. The van der Waals surface area contributed by atoms with Crippen molar-refractivity contribution < 1.29 is 19.4 Å². The van der Waals surface area contributed by atoms with Gasteiger partial charge in [0.05, 0.1) is 18.2 Å². The number of alkyl carbamates (subject to hydrolysis) is 1. The number of carboxylic acid groups (broad SMARTS) is 1. The zero-order valence-electron chi connectivity index (χ0n) is 13.0. The molecule has 0 saturated carbocycles. The molecule has 1 aromatic carbocycles. The third kappa shape index (κ3) is 4.84. The van der Waals surface area contributed by atoms with Gasteiger partial charge in [-0.1, -0.05) is 30.3 Å². The van der Waals surface area contributed by atoms with Gasteiger partial charge >= 0.3 is 12.1 Å². The van der Waals surface area contributed by atoms with Crippen LogP contribution < -0.4 is 5.32 Å². The molecule has 0 bridgehead atoms. The topological polar surface area (TPSA) is 93.5 Å². The summed E-state index contributed by atoms with van der Waals surface area (Å²) in [5.41, 5.74) is 2.21. The summed E-state index contributed by atoms with van der Waals surface area (Å²) in [7, 11) is 1.75. The molecule has 0 aliphatic heterocycles. The van der Waals surface area contributed by atoms with Gasteiger partial charge in [-0.2, -0.15) is 5.10 Å². The Morgan fingerprint density at radius 2 is 2.04 bits per heavy atom. The average molecular weight is 317 g/mol. The highest BCUT2D eigenvalue weighted by Gasteiger charge is 2.21.